The molecule has 0 fully saturated rings. The van der Waals surface area contributed by atoms with Crippen LogP contribution < -0.4 is 16.2 Å². The van der Waals surface area contributed by atoms with E-state index >= 15 is 0 Å². The van der Waals surface area contributed by atoms with Crippen molar-refractivity contribution in [2.75, 3.05) is 11.9 Å². The molecule has 170 valence electrons. The van der Waals surface area contributed by atoms with Gasteiger partial charge >= 0.3 is 0 Å². The first-order valence-corrected chi connectivity index (χ1v) is 11.1. The van der Waals surface area contributed by atoms with Crippen LogP contribution in [0.3, 0.4) is 0 Å². The van der Waals surface area contributed by atoms with Crippen LogP contribution in [0.25, 0.3) is 16.7 Å². The van der Waals surface area contributed by atoms with Crippen LogP contribution in [-0.2, 0) is 25.1 Å². The minimum absolute atomic E-state index is 0.165. The summed E-state index contributed by atoms with van der Waals surface area (Å²) in [4.78, 5) is 26.4. The van der Waals surface area contributed by atoms with Crippen molar-refractivity contribution >= 4 is 22.7 Å². The van der Waals surface area contributed by atoms with Crippen molar-refractivity contribution in [3.05, 3.63) is 69.9 Å². The highest BCUT2D eigenvalue weighted by molar-refractivity contribution is 5.77. The third-order valence-corrected chi connectivity index (χ3v) is 5.94. The first kappa shape index (κ1) is 21.3. The van der Waals surface area contributed by atoms with Gasteiger partial charge in [0.15, 0.2) is 5.65 Å². The monoisotopic (exact) mass is 445 g/mol. The lowest BCUT2D eigenvalue weighted by Gasteiger charge is -2.18. The first-order chi connectivity index (χ1) is 15.8. The van der Waals surface area contributed by atoms with Crippen molar-refractivity contribution in [3.8, 4) is 5.69 Å². The van der Waals surface area contributed by atoms with E-state index in [0.717, 1.165) is 25.2 Å². The number of benzene rings is 1. The van der Waals surface area contributed by atoms with Gasteiger partial charge in [-0.15, -0.1) is 0 Å². The maximum Gasteiger partial charge on any atom is 0.278 e. The van der Waals surface area contributed by atoms with E-state index in [2.05, 4.69) is 32.7 Å². The molecular weight excluding hydrogens is 418 g/mol. The van der Waals surface area contributed by atoms with Crippen LogP contribution in [0.1, 0.15) is 37.6 Å². The fraction of sp³-hybridized carbons (Fsp3) is 0.333. The topological polar surface area (TPSA) is 110 Å². The molecule has 0 radical (unpaired) electrons. The SMILES string of the molecule is CCn1c(=O)c2cnc(Nc3ccc4c(c3)CCNC4)nc2n1-c1ccnc(C(C)(C)O)c1. The minimum atomic E-state index is -1.11. The molecule has 33 heavy (non-hydrogen) atoms. The number of aliphatic hydroxyl groups is 1. The minimum Gasteiger partial charge on any atom is -0.384 e. The summed E-state index contributed by atoms with van der Waals surface area (Å²) in [6, 6.07) is 9.83. The van der Waals surface area contributed by atoms with E-state index in [-0.39, 0.29) is 5.56 Å². The zero-order valence-electron chi connectivity index (χ0n) is 19.0. The summed E-state index contributed by atoms with van der Waals surface area (Å²) in [5.41, 5.74) is 3.94. The van der Waals surface area contributed by atoms with E-state index in [1.165, 1.54) is 11.1 Å². The van der Waals surface area contributed by atoms with E-state index in [1.54, 1.807) is 47.7 Å². The summed E-state index contributed by atoms with van der Waals surface area (Å²) in [6.07, 6.45) is 4.17. The maximum atomic E-state index is 13.0. The molecule has 0 saturated carbocycles. The standard InChI is InChI=1S/C24H27N7O2/c1-4-30-22(32)19-14-27-23(28-17-6-5-16-13-25-9-7-15(16)11-17)29-21(19)31(30)18-8-10-26-20(12-18)24(2,3)33/h5-6,8,10-12,14,25,33H,4,7,9,13H2,1-3H3,(H,27,28,29). The third-order valence-electron chi connectivity index (χ3n) is 5.94. The fourth-order valence-electron chi connectivity index (χ4n) is 4.21. The molecular formula is C24H27N7O2. The van der Waals surface area contributed by atoms with Crippen LogP contribution in [0.4, 0.5) is 11.6 Å². The van der Waals surface area contributed by atoms with Crippen LogP contribution in [0, 0.1) is 0 Å². The van der Waals surface area contributed by atoms with Gasteiger partial charge in [-0.05, 0) is 69.1 Å². The lowest BCUT2D eigenvalue weighted by atomic mass is 10.0. The number of rotatable bonds is 5. The summed E-state index contributed by atoms with van der Waals surface area (Å²) >= 11 is 0. The number of aromatic nitrogens is 5. The average Bonchev–Trinajstić information content (AvgIpc) is 3.09. The smallest absolute Gasteiger partial charge is 0.278 e. The van der Waals surface area contributed by atoms with Gasteiger partial charge in [-0.1, -0.05) is 6.07 Å². The Labute approximate surface area is 191 Å². The zero-order chi connectivity index (χ0) is 23.2. The summed E-state index contributed by atoms with van der Waals surface area (Å²) in [5, 5.41) is 17.5. The van der Waals surface area contributed by atoms with Gasteiger partial charge in [0.25, 0.3) is 5.56 Å². The number of hydrogen-bond donors (Lipinski definition) is 3. The molecule has 4 aromatic rings. The van der Waals surface area contributed by atoms with E-state index in [9.17, 15) is 9.90 Å². The molecule has 3 N–H and O–H groups in total. The van der Waals surface area contributed by atoms with Gasteiger partial charge in [-0.25, -0.2) is 14.3 Å². The van der Waals surface area contributed by atoms with Crippen LogP contribution in [0.15, 0.2) is 47.5 Å². The van der Waals surface area contributed by atoms with Gasteiger partial charge in [-0.2, -0.15) is 4.98 Å². The molecule has 5 rings (SSSR count). The van der Waals surface area contributed by atoms with Crippen LogP contribution >= 0.6 is 0 Å². The molecule has 1 aromatic carbocycles. The predicted octanol–water partition coefficient (Wildman–Crippen LogP) is 2.61. The van der Waals surface area contributed by atoms with E-state index in [4.69, 9.17) is 4.98 Å². The quantitative estimate of drug-likeness (QED) is 0.433. The number of fused-ring (bicyclic) bond motifs is 2. The summed E-state index contributed by atoms with van der Waals surface area (Å²) in [7, 11) is 0. The van der Waals surface area contributed by atoms with Crippen molar-refractivity contribution in [1.29, 1.82) is 0 Å². The molecule has 0 saturated heterocycles. The van der Waals surface area contributed by atoms with Gasteiger partial charge in [0.1, 0.15) is 11.0 Å². The Hall–Kier alpha value is -3.56. The number of anilines is 2. The summed E-state index contributed by atoms with van der Waals surface area (Å²) in [6.45, 7) is 7.57. The Bertz CT molecular complexity index is 1400. The molecule has 1 aliphatic rings. The van der Waals surface area contributed by atoms with Gasteiger partial charge < -0.3 is 15.7 Å². The van der Waals surface area contributed by atoms with Crippen molar-refractivity contribution < 1.29 is 5.11 Å². The maximum absolute atomic E-state index is 13.0. The molecule has 0 atom stereocenters. The van der Waals surface area contributed by atoms with Crippen molar-refractivity contribution in [3.63, 3.8) is 0 Å². The Morgan fingerprint density at radius 1 is 1.18 bits per heavy atom. The molecule has 0 bridgehead atoms. The molecule has 4 heterocycles. The van der Waals surface area contributed by atoms with E-state index in [0.29, 0.717) is 34.9 Å². The molecule has 0 amide bonds. The number of nitrogens with one attached hydrogen (secondary N) is 2. The van der Waals surface area contributed by atoms with Crippen molar-refractivity contribution in [2.24, 2.45) is 0 Å². The molecule has 0 spiro atoms. The molecule has 3 aromatic heterocycles. The van der Waals surface area contributed by atoms with Gasteiger partial charge in [0.05, 0.1) is 11.4 Å². The van der Waals surface area contributed by atoms with Gasteiger partial charge in [0, 0.05) is 31.2 Å². The third kappa shape index (κ3) is 3.90. The highest BCUT2D eigenvalue weighted by Crippen LogP contribution is 2.24. The highest BCUT2D eigenvalue weighted by atomic mass is 16.3. The Morgan fingerprint density at radius 2 is 2.03 bits per heavy atom. The largest absolute Gasteiger partial charge is 0.384 e. The van der Waals surface area contributed by atoms with Crippen molar-refractivity contribution in [1.82, 2.24) is 29.6 Å². The second kappa shape index (κ2) is 8.09. The molecule has 0 aliphatic carbocycles. The number of nitrogens with zero attached hydrogens (tertiary/aromatic N) is 5. The van der Waals surface area contributed by atoms with Crippen molar-refractivity contribution in [2.45, 2.75) is 45.9 Å². The highest BCUT2D eigenvalue weighted by Gasteiger charge is 2.21. The summed E-state index contributed by atoms with van der Waals surface area (Å²) in [5.74, 6) is 0.412. The lowest BCUT2D eigenvalue weighted by Crippen LogP contribution is -2.23. The second-order valence-corrected chi connectivity index (χ2v) is 8.76. The average molecular weight is 446 g/mol. The van der Waals surface area contributed by atoms with Crippen LogP contribution in [0.5, 0.6) is 0 Å². The molecule has 0 unspecified atom stereocenters. The first-order valence-electron chi connectivity index (χ1n) is 11.1. The second-order valence-electron chi connectivity index (χ2n) is 8.76. The number of pyridine rings is 1. The van der Waals surface area contributed by atoms with E-state index in [1.807, 2.05) is 13.0 Å². The van der Waals surface area contributed by atoms with Gasteiger partial charge in [0.2, 0.25) is 5.95 Å². The molecule has 1 aliphatic heterocycles. The van der Waals surface area contributed by atoms with Crippen LogP contribution in [-0.4, -0.2) is 36.0 Å². The number of hydrogen-bond acceptors (Lipinski definition) is 7. The predicted molar refractivity (Wildman–Crippen MR) is 127 cm³/mol. The van der Waals surface area contributed by atoms with Crippen LogP contribution in [0.2, 0.25) is 0 Å². The lowest BCUT2D eigenvalue weighted by molar-refractivity contribution is 0.0738. The fourth-order valence-corrected chi connectivity index (χ4v) is 4.21. The normalized spacial score (nSPS) is 13.8. The Balaban J connectivity index is 1.60. The van der Waals surface area contributed by atoms with E-state index < -0.39 is 5.60 Å². The Kier molecular flexibility index (Phi) is 5.22. The molecule has 9 nitrogen and oxygen atoms in total. The summed E-state index contributed by atoms with van der Waals surface area (Å²) < 4.78 is 3.37. The van der Waals surface area contributed by atoms with Gasteiger partial charge in [-0.3, -0.25) is 9.78 Å². The Morgan fingerprint density at radius 3 is 2.82 bits per heavy atom. The molecule has 9 heteroatoms. The zero-order valence-corrected chi connectivity index (χ0v) is 19.0.